The number of hydrogen-bond donors (Lipinski definition) is 2. The molecule has 0 amide bonds. The summed E-state index contributed by atoms with van der Waals surface area (Å²) >= 11 is 3.64. The quantitative estimate of drug-likeness (QED) is 0.402. The fraction of sp³-hybridized carbons (Fsp3) is 0.318. The van der Waals surface area contributed by atoms with Crippen LogP contribution in [0, 0.1) is 0 Å². The zero-order valence-electron chi connectivity index (χ0n) is 17.5. The molecule has 1 saturated heterocycles. The second-order valence-corrected chi connectivity index (χ2v) is 9.56. The van der Waals surface area contributed by atoms with Gasteiger partial charge in [-0.25, -0.2) is 19.7 Å². The zero-order chi connectivity index (χ0) is 21.8. The maximum absolute atomic E-state index is 11.1. The van der Waals surface area contributed by atoms with Crippen LogP contribution in [0.4, 0.5) is 5.82 Å². The molecule has 4 aromatic heterocycles. The molecule has 1 fully saturated rings. The Kier molecular flexibility index (Phi) is 6.42. The van der Waals surface area contributed by atoms with Gasteiger partial charge in [-0.3, -0.25) is 4.98 Å². The van der Waals surface area contributed by atoms with Crippen LogP contribution in [-0.4, -0.2) is 56.1 Å². The van der Waals surface area contributed by atoms with Gasteiger partial charge in [0, 0.05) is 49.7 Å². The predicted molar refractivity (Wildman–Crippen MR) is 130 cm³/mol. The van der Waals surface area contributed by atoms with Crippen molar-refractivity contribution in [1.82, 2.24) is 30.2 Å². The Hall–Kier alpha value is -2.82. The number of thioether (sulfide) groups is 1. The van der Waals surface area contributed by atoms with Gasteiger partial charge in [-0.1, -0.05) is 6.07 Å². The van der Waals surface area contributed by atoms with Crippen LogP contribution in [0.25, 0.3) is 21.7 Å². The Morgan fingerprint density at radius 2 is 2.06 bits per heavy atom. The molecule has 10 heteroatoms. The summed E-state index contributed by atoms with van der Waals surface area (Å²) in [6.45, 7) is 3.49. The maximum Gasteiger partial charge on any atom is 0.344 e. The van der Waals surface area contributed by atoms with Gasteiger partial charge in [-0.2, -0.15) is 11.8 Å². The molecule has 32 heavy (non-hydrogen) atoms. The smallest absolute Gasteiger partial charge is 0.344 e. The van der Waals surface area contributed by atoms with Crippen LogP contribution in [0.5, 0.6) is 0 Å². The predicted octanol–water partition coefficient (Wildman–Crippen LogP) is 2.72. The number of H-pyrrole nitrogens is 1. The van der Waals surface area contributed by atoms with Crippen molar-refractivity contribution in [1.29, 1.82) is 0 Å². The minimum Gasteiger partial charge on any atom is -0.354 e. The summed E-state index contributed by atoms with van der Waals surface area (Å²) in [4.78, 5) is 35.2. The van der Waals surface area contributed by atoms with Crippen LogP contribution >= 0.6 is 23.1 Å². The van der Waals surface area contributed by atoms with Crippen LogP contribution in [-0.2, 0) is 13.0 Å². The van der Waals surface area contributed by atoms with E-state index in [-0.39, 0.29) is 5.69 Å². The molecule has 5 heterocycles. The van der Waals surface area contributed by atoms with E-state index in [0.717, 1.165) is 71.4 Å². The van der Waals surface area contributed by atoms with Crippen molar-refractivity contribution >= 4 is 39.1 Å². The number of nitrogens with one attached hydrogen (secondary N) is 2. The number of nitrogens with zero attached hydrogens (tertiary/aromatic N) is 5. The van der Waals surface area contributed by atoms with E-state index in [0.29, 0.717) is 5.82 Å². The Morgan fingerprint density at radius 1 is 1.16 bits per heavy atom. The fourth-order valence-corrected chi connectivity index (χ4v) is 5.53. The molecule has 0 atom stereocenters. The summed E-state index contributed by atoms with van der Waals surface area (Å²) in [7, 11) is 0. The van der Waals surface area contributed by atoms with Crippen molar-refractivity contribution in [2.75, 3.05) is 36.0 Å². The van der Waals surface area contributed by atoms with E-state index >= 15 is 0 Å². The summed E-state index contributed by atoms with van der Waals surface area (Å²) in [5.41, 5.74) is 2.69. The molecule has 2 N–H and O–H groups in total. The van der Waals surface area contributed by atoms with Crippen LogP contribution in [0.1, 0.15) is 11.1 Å². The SMILES string of the molecule is O=c1ncc(CCNCc2csc3nc(-c4ccccn4)nc(N4CCSCC4)c23)c[nH]1. The third kappa shape index (κ3) is 4.67. The Labute approximate surface area is 193 Å². The van der Waals surface area contributed by atoms with Crippen LogP contribution in [0.15, 0.2) is 47.0 Å². The van der Waals surface area contributed by atoms with Crippen LogP contribution in [0.3, 0.4) is 0 Å². The molecule has 1 aliphatic heterocycles. The lowest BCUT2D eigenvalue weighted by Gasteiger charge is -2.28. The topological polar surface area (TPSA) is 99.7 Å². The van der Waals surface area contributed by atoms with Gasteiger partial charge in [0.05, 0.1) is 5.39 Å². The normalized spacial score (nSPS) is 14.2. The van der Waals surface area contributed by atoms with Crippen molar-refractivity contribution in [2.24, 2.45) is 0 Å². The molecule has 0 aliphatic carbocycles. The summed E-state index contributed by atoms with van der Waals surface area (Å²) in [5.74, 6) is 3.90. The van der Waals surface area contributed by atoms with Crippen molar-refractivity contribution in [3.05, 3.63) is 63.8 Å². The van der Waals surface area contributed by atoms with Crippen LogP contribution < -0.4 is 15.9 Å². The highest BCUT2D eigenvalue weighted by Gasteiger charge is 2.21. The van der Waals surface area contributed by atoms with E-state index in [1.165, 1.54) is 5.56 Å². The third-order valence-corrected chi connectivity index (χ3v) is 7.19. The molecule has 0 unspecified atom stereocenters. The number of thiophene rings is 1. The van der Waals surface area contributed by atoms with E-state index in [1.54, 1.807) is 29.9 Å². The van der Waals surface area contributed by atoms with Gasteiger partial charge in [0.2, 0.25) is 0 Å². The van der Waals surface area contributed by atoms with Gasteiger partial charge in [0.25, 0.3) is 0 Å². The summed E-state index contributed by atoms with van der Waals surface area (Å²) < 4.78 is 0. The lowest BCUT2D eigenvalue weighted by atomic mass is 10.2. The molecular formula is C22H23N7OS2. The Bertz CT molecular complexity index is 1230. The van der Waals surface area contributed by atoms with E-state index in [2.05, 4.69) is 30.5 Å². The molecule has 164 valence electrons. The molecule has 0 radical (unpaired) electrons. The molecular weight excluding hydrogens is 442 g/mol. The molecule has 0 saturated carbocycles. The Balaban J connectivity index is 1.40. The molecule has 0 bridgehead atoms. The van der Waals surface area contributed by atoms with Gasteiger partial charge >= 0.3 is 5.69 Å². The average molecular weight is 466 g/mol. The van der Waals surface area contributed by atoms with E-state index in [1.807, 2.05) is 30.0 Å². The number of pyridine rings is 1. The van der Waals surface area contributed by atoms with Gasteiger partial charge in [-0.15, -0.1) is 11.3 Å². The van der Waals surface area contributed by atoms with Crippen molar-refractivity contribution in [3.63, 3.8) is 0 Å². The minimum atomic E-state index is -0.319. The van der Waals surface area contributed by atoms with E-state index in [9.17, 15) is 4.79 Å². The second-order valence-electron chi connectivity index (χ2n) is 7.48. The van der Waals surface area contributed by atoms with Crippen molar-refractivity contribution in [2.45, 2.75) is 13.0 Å². The third-order valence-electron chi connectivity index (χ3n) is 5.33. The number of aromatic amines is 1. The average Bonchev–Trinajstić information content (AvgIpc) is 3.26. The molecule has 8 nitrogen and oxygen atoms in total. The van der Waals surface area contributed by atoms with Gasteiger partial charge in [0.15, 0.2) is 5.82 Å². The van der Waals surface area contributed by atoms with Gasteiger partial charge in [-0.05, 0) is 41.6 Å². The highest BCUT2D eigenvalue weighted by Crippen LogP contribution is 2.34. The lowest BCUT2D eigenvalue weighted by molar-refractivity contribution is 0.687. The number of hydrogen-bond acceptors (Lipinski definition) is 9. The largest absolute Gasteiger partial charge is 0.354 e. The van der Waals surface area contributed by atoms with Crippen LogP contribution in [0.2, 0.25) is 0 Å². The molecule has 1 aliphatic rings. The van der Waals surface area contributed by atoms with Gasteiger partial charge < -0.3 is 15.2 Å². The first kappa shape index (κ1) is 21.0. The van der Waals surface area contributed by atoms with E-state index in [4.69, 9.17) is 9.97 Å². The standard InChI is InChI=1S/C22H23N7OS2/c30-22-25-11-15(12-26-22)4-6-23-13-16-14-32-21-18(16)20(29-7-9-31-10-8-29)27-19(28-21)17-3-1-2-5-24-17/h1-3,5,11-12,14,23H,4,6-10,13H2,(H,25,26,30). The van der Waals surface area contributed by atoms with Crippen molar-refractivity contribution < 1.29 is 0 Å². The first-order valence-electron chi connectivity index (χ1n) is 10.5. The van der Waals surface area contributed by atoms with E-state index < -0.39 is 0 Å². The summed E-state index contributed by atoms with van der Waals surface area (Å²) in [6.07, 6.45) is 5.92. The number of anilines is 1. The molecule has 0 aromatic carbocycles. The second kappa shape index (κ2) is 9.76. The first-order chi connectivity index (χ1) is 15.8. The zero-order valence-corrected chi connectivity index (χ0v) is 19.1. The number of fused-ring (bicyclic) bond motifs is 1. The molecule has 5 rings (SSSR count). The van der Waals surface area contributed by atoms with Gasteiger partial charge in [0.1, 0.15) is 16.3 Å². The molecule has 4 aromatic rings. The Morgan fingerprint density at radius 3 is 2.84 bits per heavy atom. The number of rotatable bonds is 7. The lowest BCUT2D eigenvalue weighted by Crippen LogP contribution is -2.33. The first-order valence-corrected chi connectivity index (χ1v) is 12.6. The maximum atomic E-state index is 11.1. The highest BCUT2D eigenvalue weighted by atomic mass is 32.2. The number of aromatic nitrogens is 5. The van der Waals surface area contributed by atoms with Crippen molar-refractivity contribution in [3.8, 4) is 11.5 Å². The monoisotopic (exact) mass is 465 g/mol. The summed E-state index contributed by atoms with van der Waals surface area (Å²) in [6, 6.07) is 5.83. The highest BCUT2D eigenvalue weighted by molar-refractivity contribution is 7.99. The molecule has 0 spiro atoms. The minimum absolute atomic E-state index is 0.319. The summed E-state index contributed by atoms with van der Waals surface area (Å²) in [5, 5.41) is 6.83. The fourth-order valence-electron chi connectivity index (χ4n) is 3.69.